The number of hydrogen-bond acceptors (Lipinski definition) is 7. The molecule has 2 aromatic carbocycles. The molecule has 2 heterocycles. The molecule has 1 aromatic heterocycles. The standard InChI is InChI=1S/C24H27N5O5S2/c1-18-11-14-25-24(26-18)28-36(33,34)22-9-7-21(8-10-22)27-23(30)20-12-15-29(16-13-20)35(31,32)17-19-5-3-2-4-6-19/h2-11,14,20H,12-13,15-17H2,1H3,(H,27,30)(H,25,26,28). The van der Waals surface area contributed by atoms with Crippen LogP contribution in [0.3, 0.4) is 0 Å². The molecular formula is C24H27N5O5S2. The van der Waals surface area contributed by atoms with Crippen molar-refractivity contribution in [3.8, 4) is 0 Å². The van der Waals surface area contributed by atoms with Gasteiger partial charge in [0.2, 0.25) is 21.9 Å². The Labute approximate surface area is 210 Å². The van der Waals surface area contributed by atoms with Gasteiger partial charge in [0.05, 0.1) is 10.6 Å². The molecule has 1 aliphatic heterocycles. The smallest absolute Gasteiger partial charge is 0.264 e. The minimum atomic E-state index is -3.89. The summed E-state index contributed by atoms with van der Waals surface area (Å²) in [5, 5.41) is 2.79. The van der Waals surface area contributed by atoms with E-state index in [1.54, 1.807) is 37.3 Å². The first kappa shape index (κ1) is 25.7. The topological polar surface area (TPSA) is 138 Å². The Kier molecular flexibility index (Phi) is 7.67. The van der Waals surface area contributed by atoms with E-state index in [0.29, 0.717) is 24.2 Å². The largest absolute Gasteiger partial charge is 0.326 e. The van der Waals surface area contributed by atoms with Crippen LogP contribution in [0.25, 0.3) is 0 Å². The zero-order valence-electron chi connectivity index (χ0n) is 19.7. The van der Waals surface area contributed by atoms with E-state index in [9.17, 15) is 21.6 Å². The summed E-state index contributed by atoms with van der Waals surface area (Å²) in [6.45, 7) is 2.28. The van der Waals surface area contributed by atoms with E-state index < -0.39 is 20.0 Å². The fourth-order valence-corrected chi connectivity index (χ4v) is 6.43. The van der Waals surface area contributed by atoms with Crippen LogP contribution in [-0.2, 0) is 30.6 Å². The second-order valence-electron chi connectivity index (χ2n) is 8.56. The highest BCUT2D eigenvalue weighted by Gasteiger charge is 2.31. The molecule has 0 saturated carbocycles. The van der Waals surface area contributed by atoms with E-state index in [0.717, 1.165) is 5.56 Å². The average molecular weight is 530 g/mol. The molecule has 0 unspecified atom stereocenters. The van der Waals surface area contributed by atoms with Crippen LogP contribution in [0.2, 0.25) is 0 Å². The maximum atomic E-state index is 12.7. The molecule has 1 amide bonds. The van der Waals surface area contributed by atoms with E-state index in [1.807, 2.05) is 6.07 Å². The number of hydrogen-bond donors (Lipinski definition) is 2. The molecule has 2 N–H and O–H groups in total. The Morgan fingerprint density at radius 1 is 0.972 bits per heavy atom. The van der Waals surface area contributed by atoms with Crippen molar-refractivity contribution in [2.24, 2.45) is 5.92 Å². The zero-order chi connectivity index (χ0) is 25.8. The number of benzene rings is 2. The van der Waals surface area contributed by atoms with Crippen molar-refractivity contribution in [2.45, 2.75) is 30.4 Å². The van der Waals surface area contributed by atoms with Gasteiger partial charge in [-0.15, -0.1) is 0 Å². The van der Waals surface area contributed by atoms with Gasteiger partial charge in [-0.2, -0.15) is 0 Å². The molecule has 1 aliphatic rings. The number of piperidine rings is 1. The van der Waals surface area contributed by atoms with Crippen molar-refractivity contribution in [3.63, 3.8) is 0 Å². The molecule has 0 aliphatic carbocycles. The summed E-state index contributed by atoms with van der Waals surface area (Å²) in [6, 6.07) is 16.4. The molecule has 4 rings (SSSR count). The lowest BCUT2D eigenvalue weighted by atomic mass is 9.97. The van der Waals surface area contributed by atoms with Gasteiger partial charge in [-0.05, 0) is 55.7 Å². The first-order valence-corrected chi connectivity index (χ1v) is 14.5. The van der Waals surface area contributed by atoms with Gasteiger partial charge >= 0.3 is 0 Å². The fraction of sp³-hybridized carbons (Fsp3) is 0.292. The van der Waals surface area contributed by atoms with Gasteiger partial charge in [0.15, 0.2) is 0 Å². The number of rotatable bonds is 8. The second kappa shape index (κ2) is 10.7. The maximum Gasteiger partial charge on any atom is 0.264 e. The normalized spacial score (nSPS) is 15.4. The van der Waals surface area contributed by atoms with Gasteiger partial charge in [-0.1, -0.05) is 30.3 Å². The van der Waals surface area contributed by atoms with E-state index in [2.05, 4.69) is 20.0 Å². The average Bonchev–Trinajstić information content (AvgIpc) is 2.84. The molecule has 12 heteroatoms. The molecule has 0 bridgehead atoms. The number of sulfonamides is 2. The third-order valence-electron chi connectivity index (χ3n) is 5.86. The number of carbonyl (C=O) groups excluding carboxylic acids is 1. The Hall–Kier alpha value is -3.35. The molecular weight excluding hydrogens is 502 g/mol. The Morgan fingerprint density at radius 2 is 1.64 bits per heavy atom. The molecule has 0 radical (unpaired) electrons. The van der Waals surface area contributed by atoms with E-state index >= 15 is 0 Å². The summed E-state index contributed by atoms with van der Waals surface area (Å²) in [4.78, 5) is 20.7. The molecule has 0 spiro atoms. The predicted octanol–water partition coefficient (Wildman–Crippen LogP) is 2.77. The van der Waals surface area contributed by atoms with Crippen LogP contribution in [0.1, 0.15) is 24.1 Å². The minimum absolute atomic E-state index is 0.00235. The molecule has 3 aromatic rings. The van der Waals surface area contributed by atoms with Crippen molar-refractivity contribution in [1.29, 1.82) is 0 Å². The van der Waals surface area contributed by atoms with Crippen LogP contribution in [0.15, 0.2) is 71.8 Å². The van der Waals surface area contributed by atoms with Gasteiger partial charge in [0, 0.05) is 36.6 Å². The lowest BCUT2D eigenvalue weighted by Gasteiger charge is -2.30. The van der Waals surface area contributed by atoms with Crippen molar-refractivity contribution >= 4 is 37.6 Å². The van der Waals surface area contributed by atoms with Gasteiger partial charge in [0.25, 0.3) is 10.0 Å². The van der Waals surface area contributed by atoms with Crippen molar-refractivity contribution in [3.05, 3.63) is 78.1 Å². The predicted molar refractivity (Wildman–Crippen MR) is 136 cm³/mol. The lowest BCUT2D eigenvalue weighted by Crippen LogP contribution is -2.41. The number of amides is 1. The lowest BCUT2D eigenvalue weighted by molar-refractivity contribution is -0.120. The number of nitrogens with one attached hydrogen (secondary N) is 2. The third kappa shape index (κ3) is 6.45. The van der Waals surface area contributed by atoms with Gasteiger partial charge in [-0.3, -0.25) is 4.79 Å². The van der Waals surface area contributed by atoms with Crippen LogP contribution in [0, 0.1) is 12.8 Å². The van der Waals surface area contributed by atoms with Crippen molar-refractivity contribution in [2.75, 3.05) is 23.1 Å². The van der Waals surface area contributed by atoms with E-state index in [4.69, 9.17) is 0 Å². The van der Waals surface area contributed by atoms with Gasteiger partial charge in [-0.25, -0.2) is 35.8 Å². The van der Waals surface area contributed by atoms with Crippen molar-refractivity contribution in [1.82, 2.24) is 14.3 Å². The third-order valence-corrected chi connectivity index (χ3v) is 9.06. The monoisotopic (exact) mass is 529 g/mol. The minimum Gasteiger partial charge on any atom is -0.326 e. The van der Waals surface area contributed by atoms with E-state index in [-0.39, 0.29) is 41.5 Å². The number of carbonyl (C=O) groups is 1. The number of nitrogens with zero attached hydrogens (tertiary/aromatic N) is 3. The summed E-state index contributed by atoms with van der Waals surface area (Å²) < 4.78 is 54.4. The SMILES string of the molecule is Cc1ccnc(NS(=O)(=O)c2ccc(NC(=O)C3CCN(S(=O)(=O)Cc4ccccc4)CC3)cc2)n1. The summed E-state index contributed by atoms with van der Waals surface area (Å²) in [7, 11) is -7.35. The molecule has 1 fully saturated rings. The fourth-order valence-electron chi connectivity index (χ4n) is 3.91. The van der Waals surface area contributed by atoms with Crippen LogP contribution >= 0.6 is 0 Å². The Morgan fingerprint density at radius 3 is 2.28 bits per heavy atom. The number of aromatic nitrogens is 2. The maximum absolute atomic E-state index is 12.7. The van der Waals surface area contributed by atoms with Crippen LogP contribution in [0.4, 0.5) is 11.6 Å². The molecule has 1 saturated heterocycles. The second-order valence-corrected chi connectivity index (χ2v) is 12.2. The van der Waals surface area contributed by atoms with Crippen LogP contribution < -0.4 is 10.0 Å². The molecule has 190 valence electrons. The summed E-state index contributed by atoms with van der Waals surface area (Å²) in [5.74, 6) is -0.650. The Bertz CT molecular complexity index is 1420. The first-order valence-electron chi connectivity index (χ1n) is 11.4. The summed E-state index contributed by atoms with van der Waals surface area (Å²) in [5.41, 5.74) is 1.80. The Balaban J connectivity index is 1.31. The quantitative estimate of drug-likeness (QED) is 0.457. The highest BCUT2D eigenvalue weighted by atomic mass is 32.2. The summed E-state index contributed by atoms with van der Waals surface area (Å²) >= 11 is 0. The zero-order valence-corrected chi connectivity index (χ0v) is 21.3. The van der Waals surface area contributed by atoms with Gasteiger partial charge < -0.3 is 5.32 Å². The number of aryl methyl sites for hydroxylation is 1. The van der Waals surface area contributed by atoms with Crippen molar-refractivity contribution < 1.29 is 21.6 Å². The van der Waals surface area contributed by atoms with Crippen LogP contribution in [0.5, 0.6) is 0 Å². The highest BCUT2D eigenvalue weighted by Crippen LogP contribution is 2.24. The molecule has 10 nitrogen and oxygen atoms in total. The number of anilines is 2. The summed E-state index contributed by atoms with van der Waals surface area (Å²) in [6.07, 6.45) is 2.28. The first-order chi connectivity index (χ1) is 17.1. The highest BCUT2D eigenvalue weighted by molar-refractivity contribution is 7.92. The molecule has 36 heavy (non-hydrogen) atoms. The van der Waals surface area contributed by atoms with Gasteiger partial charge in [0.1, 0.15) is 0 Å². The van der Waals surface area contributed by atoms with E-state index in [1.165, 1.54) is 34.8 Å². The molecule has 0 atom stereocenters. The van der Waals surface area contributed by atoms with Crippen LogP contribution in [-0.4, -0.2) is 50.1 Å².